The Labute approximate surface area is 99.2 Å². The summed E-state index contributed by atoms with van der Waals surface area (Å²) in [5.74, 6) is 0.397. The molecule has 1 heterocycles. The molecule has 0 aliphatic rings. The van der Waals surface area contributed by atoms with Crippen molar-refractivity contribution in [1.29, 1.82) is 0 Å². The van der Waals surface area contributed by atoms with E-state index >= 15 is 0 Å². The highest BCUT2D eigenvalue weighted by molar-refractivity contribution is 7.80. The van der Waals surface area contributed by atoms with E-state index in [9.17, 15) is 4.79 Å². The van der Waals surface area contributed by atoms with Crippen LogP contribution in [0, 0.1) is 6.92 Å². The van der Waals surface area contributed by atoms with Crippen LogP contribution in [0.3, 0.4) is 0 Å². The summed E-state index contributed by atoms with van der Waals surface area (Å²) in [4.78, 5) is 16.8. The summed E-state index contributed by atoms with van der Waals surface area (Å²) < 4.78 is 4.85. The number of pyridine rings is 1. The van der Waals surface area contributed by atoms with Gasteiger partial charge in [0.1, 0.15) is 5.82 Å². The molecule has 1 aromatic rings. The van der Waals surface area contributed by atoms with Crippen LogP contribution < -0.4 is 10.6 Å². The highest BCUT2D eigenvalue weighted by Gasteiger charge is 2.22. The van der Waals surface area contributed by atoms with E-state index in [0.29, 0.717) is 5.82 Å². The van der Waals surface area contributed by atoms with Crippen molar-refractivity contribution in [2.24, 2.45) is 5.73 Å². The molecule has 1 rings (SSSR count). The smallest absolute Gasteiger partial charge is 0.422 e. The number of hydrogen-bond donors (Lipinski definition) is 1. The van der Waals surface area contributed by atoms with Crippen LogP contribution in [0.2, 0.25) is 0 Å². The summed E-state index contributed by atoms with van der Waals surface area (Å²) in [5, 5.41) is -0.0831. The third kappa shape index (κ3) is 2.66. The van der Waals surface area contributed by atoms with Crippen LogP contribution in [0.15, 0.2) is 18.3 Å². The standard InChI is InChI=1S/C10H13N3O2S/c1-3-15-10(14)13(9(11)16)8-7(2)5-4-6-12-8/h4-6H,3H2,1-2H3,(H2,11,16). The minimum Gasteiger partial charge on any atom is -0.449 e. The van der Waals surface area contributed by atoms with E-state index in [0.717, 1.165) is 10.5 Å². The zero-order chi connectivity index (χ0) is 12.1. The third-order valence-electron chi connectivity index (χ3n) is 1.86. The van der Waals surface area contributed by atoms with Gasteiger partial charge in [0.05, 0.1) is 6.61 Å². The molecular weight excluding hydrogens is 226 g/mol. The molecule has 0 fully saturated rings. The molecule has 0 bridgehead atoms. The van der Waals surface area contributed by atoms with E-state index in [2.05, 4.69) is 4.98 Å². The number of aryl methyl sites for hydroxylation is 1. The first kappa shape index (κ1) is 12.4. The second-order valence-corrected chi connectivity index (χ2v) is 3.43. The Morgan fingerprint density at radius 3 is 2.88 bits per heavy atom. The lowest BCUT2D eigenvalue weighted by atomic mass is 10.3. The van der Waals surface area contributed by atoms with Crippen LogP contribution in [0.5, 0.6) is 0 Å². The summed E-state index contributed by atoms with van der Waals surface area (Å²) in [6.45, 7) is 3.78. The number of nitrogens with two attached hydrogens (primary N) is 1. The molecule has 5 nitrogen and oxygen atoms in total. The number of rotatable bonds is 2. The van der Waals surface area contributed by atoms with Gasteiger partial charge in [-0.05, 0) is 37.7 Å². The first-order valence-corrected chi connectivity index (χ1v) is 5.16. The van der Waals surface area contributed by atoms with Crippen molar-refractivity contribution in [2.45, 2.75) is 13.8 Å². The van der Waals surface area contributed by atoms with Crippen LogP contribution in [0.25, 0.3) is 0 Å². The first-order chi connectivity index (χ1) is 7.57. The average Bonchev–Trinajstić information content (AvgIpc) is 2.21. The van der Waals surface area contributed by atoms with E-state index in [-0.39, 0.29) is 11.7 Å². The number of anilines is 1. The SMILES string of the molecule is CCOC(=O)N(C(N)=S)c1ncccc1C. The van der Waals surface area contributed by atoms with Gasteiger partial charge in [0, 0.05) is 6.20 Å². The molecule has 1 aromatic heterocycles. The summed E-state index contributed by atoms with van der Waals surface area (Å²) >= 11 is 4.81. The second-order valence-electron chi connectivity index (χ2n) is 3.02. The molecule has 16 heavy (non-hydrogen) atoms. The quantitative estimate of drug-likeness (QED) is 0.794. The van der Waals surface area contributed by atoms with Gasteiger partial charge in [-0.15, -0.1) is 0 Å². The van der Waals surface area contributed by atoms with Gasteiger partial charge in [0.2, 0.25) is 0 Å². The second kappa shape index (κ2) is 5.41. The maximum absolute atomic E-state index is 11.6. The fourth-order valence-electron chi connectivity index (χ4n) is 1.18. The van der Waals surface area contributed by atoms with Gasteiger partial charge in [0.25, 0.3) is 0 Å². The van der Waals surface area contributed by atoms with Crippen molar-refractivity contribution in [1.82, 2.24) is 4.98 Å². The number of carbonyl (C=O) groups is 1. The van der Waals surface area contributed by atoms with Crippen molar-refractivity contribution in [3.05, 3.63) is 23.9 Å². The Balaban J connectivity index is 3.08. The van der Waals surface area contributed by atoms with Gasteiger partial charge >= 0.3 is 6.09 Å². The molecule has 0 spiro atoms. The zero-order valence-electron chi connectivity index (χ0n) is 9.14. The molecule has 0 aliphatic heterocycles. The highest BCUT2D eigenvalue weighted by atomic mass is 32.1. The van der Waals surface area contributed by atoms with Gasteiger partial charge < -0.3 is 10.5 Å². The van der Waals surface area contributed by atoms with E-state index in [4.69, 9.17) is 22.7 Å². The number of ether oxygens (including phenoxy) is 1. The molecule has 0 aromatic carbocycles. The Morgan fingerprint density at radius 1 is 1.69 bits per heavy atom. The van der Waals surface area contributed by atoms with Gasteiger partial charge in [-0.1, -0.05) is 6.07 Å². The topological polar surface area (TPSA) is 68.5 Å². The molecule has 0 saturated heterocycles. The summed E-state index contributed by atoms with van der Waals surface area (Å²) in [6, 6.07) is 3.58. The normalized spacial score (nSPS) is 9.62. The maximum atomic E-state index is 11.6. The van der Waals surface area contributed by atoms with Gasteiger partial charge in [0.15, 0.2) is 5.11 Å². The lowest BCUT2D eigenvalue weighted by molar-refractivity contribution is 0.163. The maximum Gasteiger partial charge on any atom is 0.422 e. The molecule has 86 valence electrons. The molecule has 0 radical (unpaired) electrons. The molecule has 0 unspecified atom stereocenters. The molecular formula is C10H13N3O2S. The van der Waals surface area contributed by atoms with Crippen molar-refractivity contribution < 1.29 is 9.53 Å². The van der Waals surface area contributed by atoms with Crippen molar-refractivity contribution in [2.75, 3.05) is 11.5 Å². The average molecular weight is 239 g/mol. The predicted octanol–water partition coefficient (Wildman–Crippen LogP) is 1.60. The van der Waals surface area contributed by atoms with Crippen LogP contribution in [-0.4, -0.2) is 22.8 Å². The van der Waals surface area contributed by atoms with E-state index < -0.39 is 6.09 Å². The van der Waals surface area contributed by atoms with E-state index in [1.807, 2.05) is 13.0 Å². The Hall–Kier alpha value is -1.69. The molecule has 0 saturated carbocycles. The minimum absolute atomic E-state index is 0.0831. The fourth-order valence-corrected chi connectivity index (χ4v) is 1.34. The monoisotopic (exact) mass is 239 g/mol. The molecule has 6 heteroatoms. The van der Waals surface area contributed by atoms with E-state index in [1.165, 1.54) is 0 Å². The molecule has 0 atom stereocenters. The number of amides is 1. The van der Waals surface area contributed by atoms with Crippen LogP contribution >= 0.6 is 12.2 Å². The lowest BCUT2D eigenvalue weighted by Gasteiger charge is -2.20. The van der Waals surface area contributed by atoms with Crippen molar-refractivity contribution >= 4 is 29.2 Å². The van der Waals surface area contributed by atoms with Crippen LogP contribution in [0.4, 0.5) is 10.6 Å². The molecule has 1 amide bonds. The van der Waals surface area contributed by atoms with Crippen LogP contribution in [0.1, 0.15) is 12.5 Å². The largest absolute Gasteiger partial charge is 0.449 e. The molecule has 0 aliphatic carbocycles. The number of aromatic nitrogens is 1. The summed E-state index contributed by atoms with van der Waals surface area (Å²) in [5.41, 5.74) is 6.28. The summed E-state index contributed by atoms with van der Waals surface area (Å²) in [7, 11) is 0. The molecule has 2 N–H and O–H groups in total. The Morgan fingerprint density at radius 2 is 2.38 bits per heavy atom. The number of carbonyl (C=O) groups excluding carboxylic acids is 1. The van der Waals surface area contributed by atoms with Crippen LogP contribution in [-0.2, 0) is 4.74 Å². The fraction of sp³-hybridized carbons (Fsp3) is 0.300. The van der Waals surface area contributed by atoms with Gasteiger partial charge in [-0.3, -0.25) is 0 Å². The predicted molar refractivity (Wildman–Crippen MR) is 65.3 cm³/mol. The highest BCUT2D eigenvalue weighted by Crippen LogP contribution is 2.16. The summed E-state index contributed by atoms with van der Waals surface area (Å²) in [6.07, 6.45) is 0.948. The Kier molecular flexibility index (Phi) is 4.19. The number of nitrogens with zero attached hydrogens (tertiary/aromatic N) is 2. The number of hydrogen-bond acceptors (Lipinski definition) is 4. The first-order valence-electron chi connectivity index (χ1n) is 4.75. The lowest BCUT2D eigenvalue weighted by Crippen LogP contribution is -2.42. The Bertz CT molecular complexity index is 409. The third-order valence-corrected chi connectivity index (χ3v) is 2.05. The van der Waals surface area contributed by atoms with Gasteiger partial charge in [-0.25, -0.2) is 14.7 Å². The van der Waals surface area contributed by atoms with Crippen molar-refractivity contribution in [3.63, 3.8) is 0 Å². The number of thiocarbonyl (C=S) groups is 1. The van der Waals surface area contributed by atoms with E-state index in [1.54, 1.807) is 19.2 Å². The van der Waals surface area contributed by atoms with Crippen molar-refractivity contribution in [3.8, 4) is 0 Å². The zero-order valence-corrected chi connectivity index (χ0v) is 9.95. The minimum atomic E-state index is -0.614. The van der Waals surface area contributed by atoms with Gasteiger partial charge in [-0.2, -0.15) is 0 Å².